The zero-order valence-electron chi connectivity index (χ0n) is 14.4. The molecule has 6 nitrogen and oxygen atoms in total. The summed E-state index contributed by atoms with van der Waals surface area (Å²) >= 11 is 0. The lowest BCUT2D eigenvalue weighted by Crippen LogP contribution is -2.51. The molecule has 5 unspecified atom stereocenters. The molecule has 0 radical (unpaired) electrons. The molecule has 0 aromatic heterocycles. The highest BCUT2D eigenvalue weighted by Crippen LogP contribution is 2.17. The number of hydrogen-bond donors (Lipinski definition) is 5. The molecule has 0 spiro atoms. The van der Waals surface area contributed by atoms with E-state index in [-0.39, 0.29) is 6.61 Å². The Labute approximate surface area is 152 Å². The van der Waals surface area contributed by atoms with Crippen molar-refractivity contribution >= 4 is 0 Å². The van der Waals surface area contributed by atoms with E-state index in [1.54, 1.807) is 0 Å². The van der Waals surface area contributed by atoms with E-state index >= 15 is 0 Å². The first-order valence-corrected chi connectivity index (χ1v) is 8.55. The Hall–Kier alpha value is -1.80. The second-order valence-corrected chi connectivity index (χ2v) is 6.25. The van der Waals surface area contributed by atoms with Gasteiger partial charge in [-0.05, 0) is 11.1 Å². The van der Waals surface area contributed by atoms with Crippen LogP contribution in [0.3, 0.4) is 0 Å². The van der Waals surface area contributed by atoms with Crippen LogP contribution in [0.25, 0.3) is 0 Å². The molecule has 5 N–H and O–H groups in total. The van der Waals surface area contributed by atoms with Crippen LogP contribution in [0.2, 0.25) is 0 Å². The molecular formula is C20H26O6. The molecule has 5 atom stereocenters. The van der Waals surface area contributed by atoms with E-state index in [2.05, 4.69) is 0 Å². The van der Waals surface area contributed by atoms with Gasteiger partial charge in [-0.15, -0.1) is 0 Å². The predicted octanol–water partition coefficient (Wildman–Crippen LogP) is 0.250. The first-order chi connectivity index (χ1) is 12.5. The van der Waals surface area contributed by atoms with Crippen molar-refractivity contribution in [1.82, 2.24) is 0 Å². The maximum Gasteiger partial charge on any atom is 0.111 e. The maximum absolute atomic E-state index is 10.5. The van der Waals surface area contributed by atoms with Crippen LogP contribution < -0.4 is 0 Å². The van der Waals surface area contributed by atoms with Crippen LogP contribution in [0.1, 0.15) is 11.1 Å². The molecule has 0 fully saturated rings. The Morgan fingerprint density at radius 2 is 1.23 bits per heavy atom. The first kappa shape index (κ1) is 20.5. The normalized spacial score (nSPS) is 17.3. The highest BCUT2D eigenvalue weighted by Gasteiger charge is 2.35. The Morgan fingerprint density at radius 3 is 1.77 bits per heavy atom. The van der Waals surface area contributed by atoms with Crippen molar-refractivity contribution in [3.63, 3.8) is 0 Å². The van der Waals surface area contributed by atoms with Gasteiger partial charge in [-0.1, -0.05) is 60.7 Å². The smallest absolute Gasteiger partial charge is 0.111 e. The highest BCUT2D eigenvalue weighted by atomic mass is 16.5. The summed E-state index contributed by atoms with van der Waals surface area (Å²) in [6.07, 6.45) is -6.85. The average Bonchev–Trinajstić information content (AvgIpc) is 2.70. The molecule has 2 aromatic rings. The summed E-state index contributed by atoms with van der Waals surface area (Å²) < 4.78 is 5.81. The molecule has 0 bridgehead atoms. The molecule has 6 heteroatoms. The van der Waals surface area contributed by atoms with Crippen LogP contribution in [-0.2, 0) is 17.8 Å². The van der Waals surface area contributed by atoms with Gasteiger partial charge in [0.15, 0.2) is 0 Å². The second kappa shape index (κ2) is 10.4. The average molecular weight is 362 g/mol. The van der Waals surface area contributed by atoms with Crippen molar-refractivity contribution in [2.75, 3.05) is 6.61 Å². The molecule has 0 amide bonds. The molecule has 0 aliphatic rings. The van der Waals surface area contributed by atoms with Crippen LogP contribution in [0.15, 0.2) is 60.7 Å². The van der Waals surface area contributed by atoms with Gasteiger partial charge in [-0.2, -0.15) is 0 Å². The Morgan fingerprint density at radius 1 is 0.692 bits per heavy atom. The largest absolute Gasteiger partial charge is 0.394 e. The number of benzene rings is 2. The van der Waals surface area contributed by atoms with Crippen LogP contribution in [-0.4, -0.2) is 62.7 Å². The highest BCUT2D eigenvalue weighted by molar-refractivity contribution is 5.17. The van der Waals surface area contributed by atoms with Crippen LogP contribution in [0, 0.1) is 0 Å². The topological polar surface area (TPSA) is 110 Å². The van der Waals surface area contributed by atoms with Crippen molar-refractivity contribution < 1.29 is 30.3 Å². The lowest BCUT2D eigenvalue weighted by atomic mass is 9.95. The second-order valence-electron chi connectivity index (χ2n) is 6.25. The minimum atomic E-state index is -1.69. The van der Waals surface area contributed by atoms with E-state index in [9.17, 15) is 20.4 Å². The van der Waals surface area contributed by atoms with E-state index in [0.29, 0.717) is 6.42 Å². The van der Waals surface area contributed by atoms with E-state index < -0.39 is 37.1 Å². The number of rotatable bonds is 10. The first-order valence-electron chi connectivity index (χ1n) is 8.55. The monoisotopic (exact) mass is 362 g/mol. The summed E-state index contributed by atoms with van der Waals surface area (Å²) in [7, 11) is 0. The molecular weight excluding hydrogens is 336 g/mol. The molecule has 0 saturated carbocycles. The minimum absolute atomic E-state index is 0.223. The number of ether oxygens (including phenoxy) is 1. The van der Waals surface area contributed by atoms with Crippen molar-refractivity contribution in [2.24, 2.45) is 0 Å². The maximum atomic E-state index is 10.5. The fourth-order valence-corrected chi connectivity index (χ4v) is 2.66. The third-order valence-electron chi connectivity index (χ3n) is 4.25. The van der Waals surface area contributed by atoms with Gasteiger partial charge in [0, 0.05) is 6.42 Å². The summed E-state index contributed by atoms with van der Waals surface area (Å²) in [5.74, 6) is 0. The zero-order chi connectivity index (χ0) is 18.9. The fraction of sp³-hybridized carbons (Fsp3) is 0.400. The summed E-state index contributed by atoms with van der Waals surface area (Å²) in [5, 5.41) is 49.0. The van der Waals surface area contributed by atoms with E-state index in [0.717, 1.165) is 11.1 Å². The van der Waals surface area contributed by atoms with Gasteiger partial charge in [0.05, 0.1) is 19.3 Å². The fourth-order valence-electron chi connectivity index (χ4n) is 2.66. The van der Waals surface area contributed by atoms with Gasteiger partial charge in [0.2, 0.25) is 0 Å². The van der Waals surface area contributed by atoms with Gasteiger partial charge in [-0.25, -0.2) is 0 Å². The predicted molar refractivity (Wildman–Crippen MR) is 96.3 cm³/mol. The Bertz CT molecular complexity index is 621. The van der Waals surface area contributed by atoms with Gasteiger partial charge in [0.25, 0.3) is 0 Å². The Kier molecular flexibility index (Phi) is 8.18. The summed E-state index contributed by atoms with van der Waals surface area (Å²) in [5.41, 5.74) is 1.80. The van der Waals surface area contributed by atoms with E-state index in [1.165, 1.54) is 0 Å². The molecule has 2 rings (SSSR count). The lowest BCUT2D eigenvalue weighted by molar-refractivity contribution is -0.152. The molecule has 0 aliphatic heterocycles. The van der Waals surface area contributed by atoms with Gasteiger partial charge < -0.3 is 30.3 Å². The zero-order valence-corrected chi connectivity index (χ0v) is 14.4. The van der Waals surface area contributed by atoms with E-state index in [1.807, 2.05) is 60.7 Å². The molecule has 0 saturated heterocycles. The SMILES string of the molecule is OCC(O)C(O)C(O)C(O)C(Cc1ccccc1)OCc1ccccc1. The van der Waals surface area contributed by atoms with Gasteiger partial charge in [-0.3, -0.25) is 0 Å². The molecule has 2 aromatic carbocycles. The molecule has 0 heterocycles. The molecule has 26 heavy (non-hydrogen) atoms. The number of hydrogen-bond acceptors (Lipinski definition) is 6. The summed E-state index contributed by atoms with van der Waals surface area (Å²) in [6.45, 7) is -0.500. The number of aliphatic hydroxyl groups excluding tert-OH is 5. The standard InChI is InChI=1S/C20H26O6/c21-12-16(22)18(23)20(25)19(24)17(11-14-7-3-1-4-8-14)26-13-15-9-5-2-6-10-15/h1-10,16-25H,11-13H2. The minimum Gasteiger partial charge on any atom is -0.394 e. The van der Waals surface area contributed by atoms with Crippen LogP contribution in [0.5, 0.6) is 0 Å². The van der Waals surface area contributed by atoms with Crippen molar-refractivity contribution in [1.29, 1.82) is 0 Å². The third kappa shape index (κ3) is 5.88. The molecule has 142 valence electrons. The van der Waals surface area contributed by atoms with Crippen molar-refractivity contribution in [3.05, 3.63) is 71.8 Å². The van der Waals surface area contributed by atoms with E-state index in [4.69, 9.17) is 9.84 Å². The quantitative estimate of drug-likeness (QED) is 0.414. The van der Waals surface area contributed by atoms with Crippen LogP contribution >= 0.6 is 0 Å². The van der Waals surface area contributed by atoms with Gasteiger partial charge >= 0.3 is 0 Å². The Balaban J connectivity index is 2.10. The summed E-state index contributed by atoms with van der Waals surface area (Å²) in [4.78, 5) is 0. The van der Waals surface area contributed by atoms with Crippen LogP contribution in [0.4, 0.5) is 0 Å². The number of aliphatic hydroxyl groups is 5. The molecule has 0 aliphatic carbocycles. The van der Waals surface area contributed by atoms with Crippen molar-refractivity contribution in [2.45, 2.75) is 43.5 Å². The lowest BCUT2D eigenvalue weighted by Gasteiger charge is -2.31. The third-order valence-corrected chi connectivity index (χ3v) is 4.25. The van der Waals surface area contributed by atoms with Crippen molar-refractivity contribution in [3.8, 4) is 0 Å². The van der Waals surface area contributed by atoms with Gasteiger partial charge in [0.1, 0.15) is 24.4 Å². The summed E-state index contributed by atoms with van der Waals surface area (Å²) in [6, 6.07) is 18.7.